The number of hydrogen-bond acceptors (Lipinski definition) is 2. The van der Waals surface area contributed by atoms with Gasteiger partial charge in [-0.1, -0.05) is 13.8 Å². The lowest BCUT2D eigenvalue weighted by atomic mass is 10.1. The summed E-state index contributed by atoms with van der Waals surface area (Å²) in [5, 5.41) is 12.3. The minimum absolute atomic E-state index is 0.190. The topological polar surface area (TPSA) is 32.3 Å². The summed E-state index contributed by atoms with van der Waals surface area (Å²) in [5.74, 6) is 0. The highest BCUT2D eigenvalue weighted by Crippen LogP contribution is 1.95. The van der Waals surface area contributed by atoms with Crippen LogP contribution in [0.3, 0.4) is 0 Å². The van der Waals surface area contributed by atoms with Crippen molar-refractivity contribution in [2.75, 3.05) is 6.54 Å². The van der Waals surface area contributed by atoms with E-state index >= 15 is 0 Å². The zero-order chi connectivity index (χ0) is 7.28. The first-order valence-corrected chi connectivity index (χ1v) is 3.63. The summed E-state index contributed by atoms with van der Waals surface area (Å²) in [4.78, 5) is 0. The van der Waals surface area contributed by atoms with Crippen molar-refractivity contribution < 1.29 is 5.11 Å². The van der Waals surface area contributed by atoms with Gasteiger partial charge in [-0.3, -0.25) is 0 Å². The van der Waals surface area contributed by atoms with Gasteiger partial charge in [0, 0.05) is 6.04 Å². The van der Waals surface area contributed by atoms with E-state index in [0.29, 0.717) is 0 Å². The van der Waals surface area contributed by atoms with Crippen LogP contribution in [0.4, 0.5) is 0 Å². The average molecular weight is 131 g/mol. The molecule has 2 N–H and O–H groups in total. The molecule has 0 radical (unpaired) electrons. The van der Waals surface area contributed by atoms with Gasteiger partial charge < -0.3 is 10.4 Å². The Labute approximate surface area is 57.3 Å². The van der Waals surface area contributed by atoms with Gasteiger partial charge in [-0.15, -0.1) is 0 Å². The normalized spacial score (nSPS) is 17.3. The third kappa shape index (κ3) is 3.49. The molecule has 0 saturated heterocycles. The molecule has 9 heavy (non-hydrogen) atoms. The van der Waals surface area contributed by atoms with E-state index in [2.05, 4.69) is 5.32 Å². The Bertz CT molecular complexity index is 65.9. The van der Waals surface area contributed by atoms with Gasteiger partial charge in [0.05, 0.1) is 6.10 Å². The van der Waals surface area contributed by atoms with E-state index in [1.807, 2.05) is 20.8 Å². The highest BCUT2D eigenvalue weighted by atomic mass is 16.3. The van der Waals surface area contributed by atoms with E-state index in [9.17, 15) is 5.11 Å². The maximum atomic E-state index is 9.20. The lowest BCUT2D eigenvalue weighted by molar-refractivity contribution is 0.131. The van der Waals surface area contributed by atoms with Crippen LogP contribution in [-0.2, 0) is 0 Å². The summed E-state index contributed by atoms with van der Waals surface area (Å²) in [6.45, 7) is 6.95. The first-order valence-electron chi connectivity index (χ1n) is 3.63. The fraction of sp³-hybridized carbons (Fsp3) is 1.00. The number of aliphatic hydroxyl groups is 1. The van der Waals surface area contributed by atoms with Crippen LogP contribution in [0.15, 0.2) is 0 Å². The highest BCUT2D eigenvalue weighted by molar-refractivity contribution is 4.67. The van der Waals surface area contributed by atoms with Gasteiger partial charge in [0.2, 0.25) is 0 Å². The zero-order valence-corrected chi connectivity index (χ0v) is 6.52. The fourth-order valence-electron chi connectivity index (χ4n) is 0.812. The quantitative estimate of drug-likeness (QED) is 0.590. The van der Waals surface area contributed by atoms with Crippen molar-refractivity contribution in [3.63, 3.8) is 0 Å². The van der Waals surface area contributed by atoms with Crippen molar-refractivity contribution in [1.29, 1.82) is 0 Å². The van der Waals surface area contributed by atoms with Crippen molar-refractivity contribution in [3.05, 3.63) is 0 Å². The van der Waals surface area contributed by atoms with Gasteiger partial charge >= 0.3 is 0 Å². The Morgan fingerprint density at radius 1 is 1.44 bits per heavy atom. The van der Waals surface area contributed by atoms with E-state index < -0.39 is 0 Å². The van der Waals surface area contributed by atoms with E-state index in [1.165, 1.54) is 0 Å². The van der Waals surface area contributed by atoms with E-state index in [-0.39, 0.29) is 12.1 Å². The van der Waals surface area contributed by atoms with Crippen LogP contribution < -0.4 is 5.32 Å². The average Bonchev–Trinajstić information content (AvgIpc) is 1.87. The maximum Gasteiger partial charge on any atom is 0.0687 e. The van der Waals surface area contributed by atoms with Crippen LogP contribution in [-0.4, -0.2) is 23.8 Å². The highest BCUT2D eigenvalue weighted by Gasteiger charge is 2.08. The molecule has 0 aliphatic carbocycles. The molecule has 0 fully saturated rings. The van der Waals surface area contributed by atoms with Gasteiger partial charge in [0.15, 0.2) is 0 Å². The molecule has 0 saturated carbocycles. The molecule has 0 heterocycles. The summed E-state index contributed by atoms with van der Waals surface area (Å²) < 4.78 is 0. The molecule has 0 bridgehead atoms. The van der Waals surface area contributed by atoms with E-state index in [0.717, 1.165) is 13.0 Å². The van der Waals surface area contributed by atoms with E-state index in [1.54, 1.807) is 0 Å². The number of nitrogens with one attached hydrogen (secondary N) is 1. The Kier molecular flexibility index (Phi) is 4.72. The SMILES string of the molecule is CCNC(C)C(O)CC. The Hall–Kier alpha value is -0.0800. The minimum Gasteiger partial charge on any atom is -0.392 e. The lowest BCUT2D eigenvalue weighted by Gasteiger charge is -2.17. The summed E-state index contributed by atoms with van der Waals surface area (Å²) in [6.07, 6.45) is 0.638. The number of likely N-dealkylation sites (N-methyl/N-ethyl adjacent to an activating group) is 1. The zero-order valence-electron chi connectivity index (χ0n) is 6.52. The van der Waals surface area contributed by atoms with Crippen LogP contribution in [0.2, 0.25) is 0 Å². The first kappa shape index (κ1) is 8.92. The first-order chi connectivity index (χ1) is 4.22. The molecule has 56 valence electrons. The smallest absolute Gasteiger partial charge is 0.0687 e. The number of rotatable bonds is 4. The second kappa shape index (κ2) is 4.77. The van der Waals surface area contributed by atoms with Gasteiger partial charge in [0.25, 0.3) is 0 Å². The molecule has 0 aromatic heterocycles. The summed E-state index contributed by atoms with van der Waals surface area (Å²) >= 11 is 0. The van der Waals surface area contributed by atoms with Gasteiger partial charge in [-0.25, -0.2) is 0 Å². The maximum absolute atomic E-state index is 9.20. The number of hydrogen-bond donors (Lipinski definition) is 2. The van der Waals surface area contributed by atoms with Crippen LogP contribution in [0, 0.1) is 0 Å². The van der Waals surface area contributed by atoms with Crippen LogP contribution in [0.1, 0.15) is 27.2 Å². The molecule has 2 unspecified atom stereocenters. The largest absolute Gasteiger partial charge is 0.392 e. The van der Waals surface area contributed by atoms with Crippen molar-refractivity contribution in [2.45, 2.75) is 39.3 Å². The summed E-state index contributed by atoms with van der Waals surface area (Å²) in [6, 6.07) is 0.236. The molecule has 0 aliphatic heterocycles. The molecular weight excluding hydrogens is 114 g/mol. The second-order valence-corrected chi connectivity index (χ2v) is 2.32. The van der Waals surface area contributed by atoms with Crippen molar-refractivity contribution >= 4 is 0 Å². The van der Waals surface area contributed by atoms with Gasteiger partial charge in [0.1, 0.15) is 0 Å². The van der Waals surface area contributed by atoms with Gasteiger partial charge in [-0.2, -0.15) is 0 Å². The third-order valence-corrected chi connectivity index (χ3v) is 1.52. The molecule has 0 aromatic rings. The Morgan fingerprint density at radius 2 is 2.00 bits per heavy atom. The predicted octanol–water partition coefficient (Wildman–Crippen LogP) is 0.755. The van der Waals surface area contributed by atoms with Crippen molar-refractivity contribution in [1.82, 2.24) is 5.32 Å². The third-order valence-electron chi connectivity index (χ3n) is 1.52. The van der Waals surface area contributed by atoms with Crippen molar-refractivity contribution in [2.24, 2.45) is 0 Å². The van der Waals surface area contributed by atoms with Crippen LogP contribution in [0.5, 0.6) is 0 Å². The van der Waals surface area contributed by atoms with Crippen LogP contribution >= 0.6 is 0 Å². The molecule has 2 heteroatoms. The standard InChI is InChI=1S/C7H17NO/c1-4-7(9)6(3)8-5-2/h6-9H,4-5H2,1-3H3. The molecule has 0 aliphatic rings. The molecule has 0 amide bonds. The molecule has 0 aromatic carbocycles. The fourth-order valence-corrected chi connectivity index (χ4v) is 0.812. The molecule has 2 atom stereocenters. The van der Waals surface area contributed by atoms with Gasteiger partial charge in [-0.05, 0) is 19.9 Å². The molecule has 2 nitrogen and oxygen atoms in total. The van der Waals surface area contributed by atoms with Crippen LogP contribution in [0.25, 0.3) is 0 Å². The summed E-state index contributed by atoms with van der Waals surface area (Å²) in [5.41, 5.74) is 0. The molecule has 0 rings (SSSR count). The summed E-state index contributed by atoms with van der Waals surface area (Å²) in [7, 11) is 0. The Balaban J connectivity index is 3.32. The van der Waals surface area contributed by atoms with E-state index in [4.69, 9.17) is 0 Å². The molecule has 0 spiro atoms. The minimum atomic E-state index is -0.190. The predicted molar refractivity (Wildman–Crippen MR) is 39.4 cm³/mol. The Morgan fingerprint density at radius 3 is 2.33 bits per heavy atom. The lowest BCUT2D eigenvalue weighted by Crippen LogP contribution is -2.36. The second-order valence-electron chi connectivity index (χ2n) is 2.32. The van der Waals surface area contributed by atoms with Crippen molar-refractivity contribution in [3.8, 4) is 0 Å². The number of aliphatic hydroxyl groups excluding tert-OH is 1. The monoisotopic (exact) mass is 131 g/mol. The molecular formula is C7H17NO.